The number of anilines is 3. The minimum absolute atomic E-state index is 0.000103. The normalized spacial score (nSPS) is 21.5. The number of amides is 2. The number of carbonyl (C=O) groups is 2. The van der Waals surface area contributed by atoms with E-state index in [-0.39, 0.29) is 23.7 Å². The molecule has 2 atom stereocenters. The second-order valence-corrected chi connectivity index (χ2v) is 6.67. The van der Waals surface area contributed by atoms with Crippen LogP contribution in [0.2, 0.25) is 0 Å². The highest BCUT2D eigenvalue weighted by Gasteiger charge is 2.43. The molecule has 130 valence electrons. The molecule has 1 aliphatic carbocycles. The first-order valence-electron chi connectivity index (χ1n) is 8.37. The number of benzene rings is 1. The van der Waals surface area contributed by atoms with Crippen molar-refractivity contribution in [1.82, 2.24) is 4.98 Å². The third-order valence-corrected chi connectivity index (χ3v) is 4.83. The standard InChI is InChI=1S/C19H17N5O2/c1-10-2-3-18(25)24(10)13-4-11-6-17(22-9-15(11)16(21)7-13)23-19(26)14-5-12(14)8-20/h2,4,6-7,9,12,14H,3,5,21H2,1H3,(H,22,23,26)/t12-,14+/m0/s1. The lowest BCUT2D eigenvalue weighted by atomic mass is 10.1. The second kappa shape index (κ2) is 5.85. The van der Waals surface area contributed by atoms with Crippen LogP contribution in [0.3, 0.4) is 0 Å². The Hall–Kier alpha value is -3.40. The summed E-state index contributed by atoms with van der Waals surface area (Å²) in [6.07, 6.45) is 4.45. The number of pyridine rings is 1. The van der Waals surface area contributed by atoms with Crippen molar-refractivity contribution >= 4 is 39.8 Å². The van der Waals surface area contributed by atoms with E-state index in [1.54, 1.807) is 23.2 Å². The van der Waals surface area contributed by atoms with Crippen LogP contribution in [0.5, 0.6) is 0 Å². The first kappa shape index (κ1) is 16.1. The van der Waals surface area contributed by atoms with Gasteiger partial charge in [-0.1, -0.05) is 6.08 Å². The molecule has 0 saturated heterocycles. The van der Waals surface area contributed by atoms with Crippen molar-refractivity contribution in [1.29, 1.82) is 5.26 Å². The van der Waals surface area contributed by atoms with Crippen molar-refractivity contribution in [2.24, 2.45) is 11.8 Å². The number of hydrogen-bond acceptors (Lipinski definition) is 5. The molecule has 2 heterocycles. The number of hydrogen-bond donors (Lipinski definition) is 2. The Bertz CT molecular complexity index is 1020. The number of nitrogen functional groups attached to an aromatic ring is 1. The van der Waals surface area contributed by atoms with Gasteiger partial charge in [0.15, 0.2) is 0 Å². The van der Waals surface area contributed by atoms with Crippen molar-refractivity contribution < 1.29 is 9.59 Å². The monoisotopic (exact) mass is 347 g/mol. The molecule has 1 fully saturated rings. The molecule has 1 aliphatic heterocycles. The van der Waals surface area contributed by atoms with Gasteiger partial charge in [0, 0.05) is 29.4 Å². The largest absolute Gasteiger partial charge is 0.398 e. The first-order valence-corrected chi connectivity index (χ1v) is 8.37. The molecule has 26 heavy (non-hydrogen) atoms. The molecular formula is C19H17N5O2. The quantitative estimate of drug-likeness (QED) is 0.829. The maximum atomic E-state index is 12.1. The van der Waals surface area contributed by atoms with Gasteiger partial charge in [-0.25, -0.2) is 4.98 Å². The van der Waals surface area contributed by atoms with Gasteiger partial charge in [-0.3, -0.25) is 14.5 Å². The molecule has 0 unspecified atom stereocenters. The Morgan fingerprint density at radius 2 is 2.23 bits per heavy atom. The van der Waals surface area contributed by atoms with Gasteiger partial charge in [-0.2, -0.15) is 5.26 Å². The molecular weight excluding hydrogens is 330 g/mol. The van der Waals surface area contributed by atoms with Gasteiger partial charge < -0.3 is 11.1 Å². The highest BCUT2D eigenvalue weighted by atomic mass is 16.2. The summed E-state index contributed by atoms with van der Waals surface area (Å²) >= 11 is 0. The molecule has 1 saturated carbocycles. The maximum absolute atomic E-state index is 12.1. The van der Waals surface area contributed by atoms with Crippen LogP contribution in [0.1, 0.15) is 19.8 Å². The van der Waals surface area contributed by atoms with Gasteiger partial charge in [0.05, 0.1) is 23.6 Å². The average molecular weight is 347 g/mol. The molecule has 2 aromatic rings. The fourth-order valence-electron chi connectivity index (χ4n) is 3.28. The Kier molecular flexibility index (Phi) is 3.62. The first-order chi connectivity index (χ1) is 12.5. The highest BCUT2D eigenvalue weighted by Crippen LogP contribution is 2.38. The third-order valence-electron chi connectivity index (χ3n) is 4.83. The number of nitrogens with two attached hydrogens (primary N) is 1. The van der Waals surface area contributed by atoms with E-state index in [1.807, 2.05) is 19.1 Å². The van der Waals surface area contributed by atoms with Gasteiger partial charge >= 0.3 is 0 Å². The van der Waals surface area contributed by atoms with E-state index >= 15 is 0 Å². The Morgan fingerprint density at radius 3 is 2.88 bits per heavy atom. The molecule has 0 radical (unpaired) electrons. The fourth-order valence-corrected chi connectivity index (χ4v) is 3.28. The fraction of sp³-hybridized carbons (Fsp3) is 0.263. The second-order valence-electron chi connectivity index (χ2n) is 6.67. The van der Waals surface area contributed by atoms with Crippen LogP contribution in [-0.2, 0) is 9.59 Å². The number of fused-ring (bicyclic) bond motifs is 1. The van der Waals surface area contributed by atoms with Crippen LogP contribution in [0, 0.1) is 23.2 Å². The van der Waals surface area contributed by atoms with Gasteiger partial charge in [-0.05, 0) is 36.9 Å². The number of allylic oxidation sites excluding steroid dienone is 1. The molecule has 1 aromatic heterocycles. The summed E-state index contributed by atoms with van der Waals surface area (Å²) < 4.78 is 0. The summed E-state index contributed by atoms with van der Waals surface area (Å²) in [5.74, 6) is -0.249. The molecule has 2 aliphatic rings. The van der Waals surface area contributed by atoms with Crippen molar-refractivity contribution in [3.05, 3.63) is 36.2 Å². The number of carbonyl (C=O) groups excluding carboxylic acids is 2. The van der Waals surface area contributed by atoms with Crippen LogP contribution < -0.4 is 16.0 Å². The number of nitrogens with zero attached hydrogens (tertiary/aromatic N) is 3. The summed E-state index contributed by atoms with van der Waals surface area (Å²) in [6, 6.07) is 7.45. The predicted octanol–water partition coefficient (Wildman–Crippen LogP) is 2.56. The van der Waals surface area contributed by atoms with Gasteiger partial charge in [0.25, 0.3) is 0 Å². The van der Waals surface area contributed by atoms with Crippen LogP contribution in [0.15, 0.2) is 36.2 Å². The lowest BCUT2D eigenvalue weighted by Crippen LogP contribution is -2.23. The van der Waals surface area contributed by atoms with Crippen LogP contribution in [-0.4, -0.2) is 16.8 Å². The Morgan fingerprint density at radius 1 is 1.42 bits per heavy atom. The molecule has 0 bridgehead atoms. The van der Waals surface area contributed by atoms with E-state index in [0.29, 0.717) is 30.0 Å². The lowest BCUT2D eigenvalue weighted by molar-refractivity contribution is -0.118. The number of aromatic nitrogens is 1. The number of nitriles is 1. The smallest absolute Gasteiger partial charge is 0.235 e. The van der Waals surface area contributed by atoms with Crippen LogP contribution in [0.25, 0.3) is 10.8 Å². The highest BCUT2D eigenvalue weighted by molar-refractivity contribution is 6.05. The zero-order valence-electron chi connectivity index (χ0n) is 14.2. The molecule has 7 heteroatoms. The van der Waals surface area contributed by atoms with E-state index < -0.39 is 0 Å². The zero-order chi connectivity index (χ0) is 18.4. The Balaban J connectivity index is 1.66. The topological polar surface area (TPSA) is 112 Å². The van der Waals surface area contributed by atoms with E-state index in [0.717, 1.165) is 16.5 Å². The van der Waals surface area contributed by atoms with Crippen molar-refractivity contribution in [3.63, 3.8) is 0 Å². The average Bonchev–Trinajstić information content (AvgIpc) is 3.33. The van der Waals surface area contributed by atoms with E-state index in [9.17, 15) is 9.59 Å². The lowest BCUT2D eigenvalue weighted by Gasteiger charge is -2.19. The number of rotatable bonds is 3. The third kappa shape index (κ3) is 2.65. The number of nitrogens with one attached hydrogen (secondary N) is 1. The predicted molar refractivity (Wildman–Crippen MR) is 97.9 cm³/mol. The van der Waals surface area contributed by atoms with Gasteiger partial charge in [0.2, 0.25) is 11.8 Å². The van der Waals surface area contributed by atoms with Crippen molar-refractivity contribution in [3.8, 4) is 6.07 Å². The summed E-state index contributed by atoms with van der Waals surface area (Å²) in [5.41, 5.74) is 8.22. The Labute approximate surface area is 150 Å². The zero-order valence-corrected chi connectivity index (χ0v) is 14.2. The minimum Gasteiger partial charge on any atom is -0.398 e. The van der Waals surface area contributed by atoms with E-state index in [4.69, 9.17) is 11.0 Å². The van der Waals surface area contributed by atoms with Crippen LogP contribution in [0.4, 0.5) is 17.2 Å². The summed E-state index contributed by atoms with van der Waals surface area (Å²) in [6.45, 7) is 1.88. The maximum Gasteiger partial charge on any atom is 0.235 e. The molecule has 7 nitrogen and oxygen atoms in total. The summed E-state index contributed by atoms with van der Waals surface area (Å²) in [5, 5.41) is 13.1. The van der Waals surface area contributed by atoms with E-state index in [1.165, 1.54) is 0 Å². The summed E-state index contributed by atoms with van der Waals surface area (Å²) in [7, 11) is 0. The van der Waals surface area contributed by atoms with E-state index in [2.05, 4.69) is 16.4 Å². The van der Waals surface area contributed by atoms with Crippen LogP contribution >= 0.6 is 0 Å². The molecule has 4 rings (SSSR count). The van der Waals surface area contributed by atoms with Crippen molar-refractivity contribution in [2.45, 2.75) is 19.8 Å². The SMILES string of the molecule is CC1=CCC(=O)N1c1cc(N)c2cnc(NC(=O)[C@@H]3C[C@H]3C#N)cc2c1. The molecule has 1 aromatic carbocycles. The van der Waals surface area contributed by atoms with Crippen molar-refractivity contribution in [2.75, 3.05) is 16.0 Å². The van der Waals surface area contributed by atoms with Gasteiger partial charge in [-0.15, -0.1) is 0 Å². The molecule has 2 amide bonds. The molecule has 0 spiro atoms. The minimum atomic E-state index is -0.260. The molecule has 3 N–H and O–H groups in total. The summed E-state index contributed by atoms with van der Waals surface area (Å²) in [4.78, 5) is 30.1. The van der Waals surface area contributed by atoms with Gasteiger partial charge in [0.1, 0.15) is 5.82 Å².